The molecule has 1 aromatic carbocycles. The van der Waals surface area contributed by atoms with Gasteiger partial charge in [0.25, 0.3) is 0 Å². The van der Waals surface area contributed by atoms with E-state index in [-0.39, 0.29) is 30.2 Å². The summed E-state index contributed by atoms with van der Waals surface area (Å²) in [6.07, 6.45) is 2.37. The normalized spacial score (nSPS) is 15.5. The van der Waals surface area contributed by atoms with Crippen molar-refractivity contribution in [1.82, 2.24) is 15.6 Å². The number of hydrogen-bond donors (Lipinski definition) is 2. The number of benzene rings is 1. The van der Waals surface area contributed by atoms with Gasteiger partial charge in [-0.15, -0.1) is 11.3 Å². The highest BCUT2D eigenvalue weighted by atomic mass is 32.1. The van der Waals surface area contributed by atoms with Gasteiger partial charge in [-0.2, -0.15) is 0 Å². The Morgan fingerprint density at radius 3 is 2.59 bits per heavy atom. The molecule has 4 rings (SSSR count). The third kappa shape index (κ3) is 5.01. The lowest BCUT2D eigenvalue weighted by molar-refractivity contribution is -0.139. The van der Waals surface area contributed by atoms with Gasteiger partial charge in [-0.05, 0) is 31.0 Å². The summed E-state index contributed by atoms with van der Waals surface area (Å²) in [6, 6.07) is 9.79. The number of rotatable bonds is 8. The second-order valence-electron chi connectivity index (χ2n) is 7.32. The first-order valence-electron chi connectivity index (χ1n) is 10.7. The summed E-state index contributed by atoms with van der Waals surface area (Å²) in [5, 5.41) is 7.47. The van der Waals surface area contributed by atoms with Gasteiger partial charge in [0.05, 0.1) is 24.1 Å². The fraction of sp³-hybridized carbons (Fsp3) is 0.250. The number of amides is 2. The van der Waals surface area contributed by atoms with Crippen LogP contribution in [-0.2, 0) is 20.7 Å². The summed E-state index contributed by atoms with van der Waals surface area (Å²) in [6.45, 7) is 3.53. The zero-order valence-corrected chi connectivity index (χ0v) is 19.4. The second-order valence-corrected chi connectivity index (χ2v) is 8.18. The van der Waals surface area contributed by atoms with Crippen molar-refractivity contribution in [2.24, 2.45) is 0 Å². The fourth-order valence-corrected chi connectivity index (χ4v) is 4.24. The molecule has 0 fully saturated rings. The van der Waals surface area contributed by atoms with E-state index in [1.807, 2.05) is 24.3 Å². The molecule has 0 saturated carbocycles. The largest absolute Gasteiger partial charge is 0.467 e. The molecule has 9 nitrogen and oxygen atoms in total. The molecule has 0 radical (unpaired) electrons. The van der Waals surface area contributed by atoms with Crippen LogP contribution in [0, 0.1) is 0 Å². The molecule has 0 bridgehead atoms. The van der Waals surface area contributed by atoms with Crippen LogP contribution in [0.1, 0.15) is 41.7 Å². The van der Waals surface area contributed by atoms with E-state index in [0.717, 1.165) is 12.0 Å². The number of hydrogen-bond acceptors (Lipinski definition) is 8. The van der Waals surface area contributed by atoms with Crippen LogP contribution in [0.4, 0.5) is 4.79 Å². The highest BCUT2D eigenvalue weighted by molar-refractivity contribution is 7.13. The number of esters is 2. The number of ether oxygens (including phenoxy) is 2. The van der Waals surface area contributed by atoms with Gasteiger partial charge < -0.3 is 24.5 Å². The summed E-state index contributed by atoms with van der Waals surface area (Å²) in [4.78, 5) is 41.9. The fourth-order valence-electron chi connectivity index (χ4n) is 3.45. The summed E-state index contributed by atoms with van der Waals surface area (Å²) in [5.74, 6) is -0.986. The average Bonchev–Trinajstić information content (AvgIpc) is 3.55. The number of urea groups is 1. The van der Waals surface area contributed by atoms with E-state index < -0.39 is 24.0 Å². The van der Waals surface area contributed by atoms with Crippen LogP contribution in [0.25, 0.3) is 10.6 Å². The number of thiazole rings is 1. The number of furan rings is 1. The van der Waals surface area contributed by atoms with Crippen LogP contribution >= 0.6 is 11.3 Å². The Bertz CT molecular complexity index is 1210. The molecular weight excluding hydrogens is 458 g/mol. The predicted molar refractivity (Wildman–Crippen MR) is 124 cm³/mol. The molecule has 1 unspecified atom stereocenters. The molecule has 3 heterocycles. The maximum atomic E-state index is 12.7. The lowest BCUT2D eigenvalue weighted by Crippen LogP contribution is -2.47. The van der Waals surface area contributed by atoms with Crippen molar-refractivity contribution in [1.29, 1.82) is 0 Å². The van der Waals surface area contributed by atoms with Crippen molar-refractivity contribution in [3.05, 3.63) is 76.3 Å². The Hall–Kier alpha value is -3.92. The van der Waals surface area contributed by atoms with Gasteiger partial charge in [-0.25, -0.2) is 19.4 Å². The van der Waals surface area contributed by atoms with Crippen LogP contribution in [0.3, 0.4) is 0 Å². The Kier molecular flexibility index (Phi) is 7.07. The minimum absolute atomic E-state index is 0.0965. The molecule has 1 aliphatic rings. The molecule has 3 aromatic rings. The van der Waals surface area contributed by atoms with Crippen molar-refractivity contribution < 1.29 is 28.3 Å². The Morgan fingerprint density at radius 2 is 1.91 bits per heavy atom. The molecule has 0 aliphatic carbocycles. The Labute approximate surface area is 199 Å². The van der Waals surface area contributed by atoms with Gasteiger partial charge in [-0.1, -0.05) is 31.2 Å². The van der Waals surface area contributed by atoms with Gasteiger partial charge in [0.15, 0.2) is 5.69 Å². The maximum Gasteiger partial charge on any atom is 0.358 e. The van der Waals surface area contributed by atoms with Gasteiger partial charge in [-0.3, -0.25) is 0 Å². The smallest absolute Gasteiger partial charge is 0.358 e. The highest BCUT2D eigenvalue weighted by Crippen LogP contribution is 2.29. The Morgan fingerprint density at radius 1 is 1.12 bits per heavy atom. The Balaban J connectivity index is 1.53. The van der Waals surface area contributed by atoms with E-state index in [1.54, 1.807) is 24.4 Å². The molecule has 2 aromatic heterocycles. The molecule has 0 saturated heterocycles. The van der Waals surface area contributed by atoms with Crippen LogP contribution in [-0.4, -0.2) is 36.2 Å². The molecule has 10 heteroatoms. The number of aromatic nitrogens is 1. The van der Waals surface area contributed by atoms with E-state index in [4.69, 9.17) is 13.9 Å². The quantitative estimate of drug-likeness (QED) is 0.467. The lowest BCUT2D eigenvalue weighted by atomic mass is 10.0. The third-order valence-electron chi connectivity index (χ3n) is 5.15. The minimum atomic E-state index is -0.881. The van der Waals surface area contributed by atoms with E-state index in [2.05, 4.69) is 22.5 Å². The first-order chi connectivity index (χ1) is 16.5. The van der Waals surface area contributed by atoms with Gasteiger partial charge in [0.2, 0.25) is 0 Å². The molecule has 0 spiro atoms. The van der Waals surface area contributed by atoms with Crippen molar-refractivity contribution in [3.63, 3.8) is 0 Å². The van der Waals surface area contributed by atoms with Crippen LogP contribution in [0.5, 0.6) is 0 Å². The van der Waals surface area contributed by atoms with Crippen LogP contribution in [0.2, 0.25) is 0 Å². The maximum absolute atomic E-state index is 12.7. The number of carbonyl (C=O) groups excluding carboxylic acids is 3. The average molecular weight is 482 g/mol. The van der Waals surface area contributed by atoms with Crippen LogP contribution < -0.4 is 10.6 Å². The summed E-state index contributed by atoms with van der Waals surface area (Å²) in [7, 11) is 0. The molecule has 34 heavy (non-hydrogen) atoms. The van der Waals surface area contributed by atoms with Crippen molar-refractivity contribution >= 4 is 29.3 Å². The van der Waals surface area contributed by atoms with Gasteiger partial charge in [0, 0.05) is 10.9 Å². The summed E-state index contributed by atoms with van der Waals surface area (Å²) >= 11 is 1.33. The molecule has 2 amide bonds. The molecule has 176 valence electrons. The second kappa shape index (κ2) is 10.3. The minimum Gasteiger partial charge on any atom is -0.467 e. The lowest BCUT2D eigenvalue weighted by Gasteiger charge is -2.27. The van der Waals surface area contributed by atoms with Gasteiger partial charge >= 0.3 is 18.0 Å². The van der Waals surface area contributed by atoms with E-state index in [1.165, 1.54) is 23.2 Å². The SMILES string of the molecule is CCOC(=O)C1=C(COC(=O)c2csc(-c3ccc(CC)cc3)n2)NC(=O)NC1c1ccco1. The topological polar surface area (TPSA) is 120 Å². The number of carbonyl (C=O) groups is 3. The monoisotopic (exact) mass is 481 g/mol. The highest BCUT2D eigenvalue weighted by Gasteiger charge is 2.35. The zero-order valence-electron chi connectivity index (χ0n) is 18.6. The van der Waals surface area contributed by atoms with E-state index in [0.29, 0.717) is 10.8 Å². The third-order valence-corrected chi connectivity index (χ3v) is 6.04. The predicted octanol–water partition coefficient (Wildman–Crippen LogP) is 3.99. The van der Waals surface area contributed by atoms with E-state index in [9.17, 15) is 14.4 Å². The zero-order chi connectivity index (χ0) is 24.1. The first kappa shape index (κ1) is 23.2. The summed E-state index contributed by atoms with van der Waals surface area (Å²) in [5.41, 5.74) is 2.46. The number of nitrogens with one attached hydrogen (secondary N) is 2. The number of aryl methyl sites for hydroxylation is 1. The molecule has 2 N–H and O–H groups in total. The molecule has 1 aliphatic heterocycles. The molecular formula is C24H23N3O6S. The first-order valence-corrected chi connectivity index (χ1v) is 11.6. The number of nitrogens with zero attached hydrogens (tertiary/aromatic N) is 1. The summed E-state index contributed by atoms with van der Waals surface area (Å²) < 4.78 is 15.9. The van der Waals surface area contributed by atoms with Crippen molar-refractivity contribution in [2.75, 3.05) is 13.2 Å². The molecule has 1 atom stereocenters. The van der Waals surface area contributed by atoms with Crippen molar-refractivity contribution in [2.45, 2.75) is 26.3 Å². The van der Waals surface area contributed by atoms with E-state index >= 15 is 0 Å². The van der Waals surface area contributed by atoms with Crippen molar-refractivity contribution in [3.8, 4) is 10.6 Å². The van der Waals surface area contributed by atoms with Gasteiger partial charge in [0.1, 0.15) is 23.4 Å². The standard InChI is InChI=1S/C24H23N3O6S/c1-3-14-7-9-15(10-8-14)21-25-17(13-34-21)22(28)33-12-16-19(23(29)31-4-2)20(27-24(30)26-16)18-6-5-11-32-18/h5-11,13,20H,3-4,12H2,1-2H3,(H2,26,27,30). The van der Waals surface area contributed by atoms with Crippen LogP contribution in [0.15, 0.2) is 63.7 Å².